The molecule has 0 N–H and O–H groups in total. The average molecular weight is 841 g/mol. The van der Waals surface area contributed by atoms with Crippen LogP contribution in [0.1, 0.15) is 5.56 Å². The van der Waals surface area contributed by atoms with E-state index in [1.807, 2.05) is 54.8 Å². The predicted octanol–water partition coefficient (Wildman–Crippen LogP) is 14.0. The molecule has 0 spiro atoms. The monoisotopic (exact) mass is 838 g/mol. The molecule has 0 saturated carbocycles. The number of hydrogen-bond donors (Lipinski definition) is 0. The van der Waals surface area contributed by atoms with Crippen molar-refractivity contribution in [3.8, 4) is 50.8 Å². The Morgan fingerprint density at radius 2 is 1.08 bits per heavy atom. The SMILES string of the molecule is CSc1ncc(-c2ccc(Cl)cc2Cl)c(-c2ccc(Cl)cc2)n1.Fc1cccc(COc2ncc(-c3ccc(Cl)cc3Cl)c(-c3ccc(Cl)cc3)n2)c1. The van der Waals surface area contributed by atoms with E-state index < -0.39 is 0 Å². The van der Waals surface area contributed by atoms with Gasteiger partial charge in [0, 0.05) is 65.9 Å². The fraction of sp³-hybridized carbons (Fsp3) is 0.0500. The van der Waals surface area contributed by atoms with Crippen LogP contribution in [-0.4, -0.2) is 26.2 Å². The summed E-state index contributed by atoms with van der Waals surface area (Å²) in [5.41, 5.74) is 7.04. The molecule has 0 bridgehead atoms. The van der Waals surface area contributed by atoms with Crippen LogP contribution in [-0.2, 0) is 6.61 Å². The highest BCUT2D eigenvalue weighted by molar-refractivity contribution is 7.98. The lowest BCUT2D eigenvalue weighted by Crippen LogP contribution is -2.02. The van der Waals surface area contributed by atoms with Gasteiger partial charge in [-0.2, -0.15) is 4.98 Å². The van der Waals surface area contributed by atoms with Gasteiger partial charge in [0.25, 0.3) is 0 Å². The zero-order chi connectivity index (χ0) is 37.5. The van der Waals surface area contributed by atoms with Crippen LogP contribution in [0.4, 0.5) is 4.39 Å². The normalized spacial score (nSPS) is 10.8. The van der Waals surface area contributed by atoms with E-state index in [1.165, 1.54) is 23.9 Å². The van der Waals surface area contributed by atoms with E-state index in [-0.39, 0.29) is 18.4 Å². The molecule has 2 heterocycles. The largest absolute Gasteiger partial charge is 0.459 e. The molecule has 0 unspecified atom stereocenters. The van der Waals surface area contributed by atoms with Crippen LogP contribution >= 0.6 is 81.4 Å². The van der Waals surface area contributed by atoms with Crippen molar-refractivity contribution in [1.29, 1.82) is 0 Å². The number of ether oxygens (including phenoxy) is 1. The number of nitrogens with zero attached hydrogens (tertiary/aromatic N) is 4. The molecule has 13 heteroatoms. The Hall–Kier alpha value is -3.92. The number of halogens is 7. The summed E-state index contributed by atoms with van der Waals surface area (Å²) in [7, 11) is 0. The van der Waals surface area contributed by atoms with Gasteiger partial charge in [0.1, 0.15) is 12.4 Å². The standard InChI is InChI=1S/C23H14Cl3FN2O.C17H11Cl3N2S/c24-16-6-4-15(5-7-16)22-20(19-9-8-17(25)11-21(19)26)12-28-23(29-22)30-13-14-2-1-3-18(27)10-14;1-23-17-21-9-14(13-7-6-12(19)8-15(13)20)16(22-17)10-2-4-11(18)5-3-10/h1-12H,13H2;2-9H,1H3. The van der Waals surface area contributed by atoms with Gasteiger partial charge in [-0.05, 0) is 72.5 Å². The molecule has 0 radical (unpaired) electrons. The molecule has 0 saturated heterocycles. The third kappa shape index (κ3) is 9.99. The fourth-order valence-corrected chi connectivity index (χ4v) is 6.75. The Morgan fingerprint density at radius 1 is 0.566 bits per heavy atom. The van der Waals surface area contributed by atoms with Crippen molar-refractivity contribution in [2.45, 2.75) is 11.8 Å². The van der Waals surface area contributed by atoms with Gasteiger partial charge in [-0.25, -0.2) is 19.3 Å². The molecule has 0 aliphatic rings. The lowest BCUT2D eigenvalue weighted by atomic mass is 10.0. The van der Waals surface area contributed by atoms with Crippen LogP contribution in [0.15, 0.2) is 127 Å². The Morgan fingerprint density at radius 3 is 1.58 bits per heavy atom. The Kier molecular flexibility index (Phi) is 13.1. The highest BCUT2D eigenvalue weighted by Gasteiger charge is 2.17. The van der Waals surface area contributed by atoms with E-state index in [1.54, 1.807) is 60.9 Å². The van der Waals surface area contributed by atoms with Crippen molar-refractivity contribution in [1.82, 2.24) is 19.9 Å². The van der Waals surface area contributed by atoms with Crippen molar-refractivity contribution in [3.63, 3.8) is 0 Å². The molecule has 0 atom stereocenters. The third-order valence-corrected chi connectivity index (χ3v) is 9.81. The fourth-order valence-electron chi connectivity index (χ4n) is 5.14. The summed E-state index contributed by atoms with van der Waals surface area (Å²) in [6.07, 6.45) is 5.38. The van der Waals surface area contributed by atoms with Crippen molar-refractivity contribution in [3.05, 3.63) is 163 Å². The Balaban J connectivity index is 0.000000188. The van der Waals surface area contributed by atoms with Gasteiger partial charge in [0.05, 0.1) is 21.4 Å². The maximum Gasteiger partial charge on any atom is 0.317 e. The first-order valence-corrected chi connectivity index (χ1v) is 19.1. The molecule has 0 fully saturated rings. The highest BCUT2D eigenvalue weighted by Crippen LogP contribution is 2.38. The Bertz CT molecular complexity index is 2380. The molecule has 0 aliphatic heterocycles. The number of benzene rings is 5. The Labute approximate surface area is 340 Å². The lowest BCUT2D eigenvalue weighted by Gasteiger charge is -2.13. The molecule has 7 aromatic rings. The highest BCUT2D eigenvalue weighted by atomic mass is 35.5. The molecule has 7 rings (SSSR count). The predicted molar refractivity (Wildman–Crippen MR) is 218 cm³/mol. The van der Waals surface area contributed by atoms with E-state index in [9.17, 15) is 4.39 Å². The molecule has 0 amide bonds. The lowest BCUT2D eigenvalue weighted by molar-refractivity contribution is 0.280. The molecule has 2 aromatic heterocycles. The third-order valence-electron chi connectivity index (χ3n) is 7.65. The van der Waals surface area contributed by atoms with Crippen LogP contribution < -0.4 is 4.74 Å². The average Bonchev–Trinajstić information content (AvgIpc) is 3.15. The van der Waals surface area contributed by atoms with Gasteiger partial charge in [0.2, 0.25) is 0 Å². The van der Waals surface area contributed by atoms with Gasteiger partial charge in [-0.15, -0.1) is 0 Å². The molecule has 53 heavy (non-hydrogen) atoms. The van der Waals surface area contributed by atoms with E-state index in [0.717, 1.165) is 39.1 Å². The van der Waals surface area contributed by atoms with Gasteiger partial charge < -0.3 is 4.74 Å². The molecule has 0 aliphatic carbocycles. The first kappa shape index (κ1) is 38.8. The topological polar surface area (TPSA) is 60.8 Å². The van der Waals surface area contributed by atoms with E-state index in [0.29, 0.717) is 46.5 Å². The molecule has 266 valence electrons. The minimum Gasteiger partial charge on any atom is -0.459 e. The van der Waals surface area contributed by atoms with Crippen molar-refractivity contribution in [2.75, 3.05) is 6.26 Å². The summed E-state index contributed by atoms with van der Waals surface area (Å²) in [5.74, 6) is -0.327. The van der Waals surface area contributed by atoms with Gasteiger partial charge in [-0.3, -0.25) is 0 Å². The molecular formula is C40H25Cl6FN4OS. The number of hydrogen-bond acceptors (Lipinski definition) is 6. The molecule has 5 nitrogen and oxygen atoms in total. The minimum absolute atomic E-state index is 0.138. The van der Waals surface area contributed by atoms with E-state index >= 15 is 0 Å². The van der Waals surface area contributed by atoms with E-state index in [2.05, 4.69) is 19.9 Å². The van der Waals surface area contributed by atoms with Crippen molar-refractivity contribution in [2.24, 2.45) is 0 Å². The first-order chi connectivity index (χ1) is 25.6. The summed E-state index contributed by atoms with van der Waals surface area (Å²) < 4.78 is 19.1. The number of thioether (sulfide) groups is 1. The second-order valence-electron chi connectivity index (χ2n) is 11.2. The zero-order valence-corrected chi connectivity index (χ0v) is 32.9. The second kappa shape index (κ2) is 17.9. The molecular weight excluding hydrogens is 816 g/mol. The first-order valence-electron chi connectivity index (χ1n) is 15.7. The summed E-state index contributed by atoms with van der Waals surface area (Å²) in [6, 6.07) is 31.8. The van der Waals surface area contributed by atoms with Crippen LogP contribution in [0.5, 0.6) is 6.01 Å². The summed E-state index contributed by atoms with van der Waals surface area (Å²) in [6.45, 7) is 0.138. The second-order valence-corrected chi connectivity index (χ2v) is 14.5. The summed E-state index contributed by atoms with van der Waals surface area (Å²) >= 11 is 38.3. The van der Waals surface area contributed by atoms with Gasteiger partial charge in [-0.1, -0.05) is 130 Å². The van der Waals surface area contributed by atoms with Crippen LogP contribution in [0.3, 0.4) is 0 Å². The van der Waals surface area contributed by atoms with Crippen LogP contribution in [0.25, 0.3) is 44.8 Å². The maximum absolute atomic E-state index is 13.4. The minimum atomic E-state index is -0.327. The van der Waals surface area contributed by atoms with Gasteiger partial charge in [0.15, 0.2) is 5.16 Å². The maximum atomic E-state index is 13.4. The summed E-state index contributed by atoms with van der Waals surface area (Å²) in [5, 5.41) is 4.16. The quantitative estimate of drug-likeness (QED) is 0.112. The number of aromatic nitrogens is 4. The molecule has 5 aromatic carbocycles. The van der Waals surface area contributed by atoms with Crippen LogP contribution in [0, 0.1) is 5.82 Å². The summed E-state index contributed by atoms with van der Waals surface area (Å²) in [4.78, 5) is 17.9. The van der Waals surface area contributed by atoms with Crippen molar-refractivity contribution < 1.29 is 9.13 Å². The van der Waals surface area contributed by atoms with Gasteiger partial charge >= 0.3 is 6.01 Å². The van der Waals surface area contributed by atoms with Crippen LogP contribution in [0.2, 0.25) is 30.1 Å². The van der Waals surface area contributed by atoms with E-state index in [4.69, 9.17) is 74.3 Å². The van der Waals surface area contributed by atoms with Crippen molar-refractivity contribution >= 4 is 81.4 Å². The zero-order valence-electron chi connectivity index (χ0n) is 27.5. The number of rotatable bonds is 8. The smallest absolute Gasteiger partial charge is 0.317 e.